The SMILES string of the molecule is COc1cnc(C=O)c([N+](=O)[O-])c1. The van der Waals surface area contributed by atoms with Gasteiger partial charge in [-0.05, 0) is 0 Å². The summed E-state index contributed by atoms with van der Waals surface area (Å²) in [7, 11) is 1.36. The molecule has 1 rings (SSSR count). The van der Waals surface area contributed by atoms with Crippen LogP contribution in [0, 0.1) is 10.1 Å². The largest absolute Gasteiger partial charge is 0.495 e. The van der Waals surface area contributed by atoms with Gasteiger partial charge in [-0.25, -0.2) is 4.98 Å². The molecule has 0 aliphatic rings. The van der Waals surface area contributed by atoms with Crippen LogP contribution in [0.15, 0.2) is 12.3 Å². The molecule has 1 heterocycles. The van der Waals surface area contributed by atoms with Crippen molar-refractivity contribution in [3.63, 3.8) is 0 Å². The van der Waals surface area contributed by atoms with Gasteiger partial charge >= 0.3 is 5.69 Å². The van der Waals surface area contributed by atoms with E-state index in [-0.39, 0.29) is 17.1 Å². The van der Waals surface area contributed by atoms with Gasteiger partial charge in [-0.2, -0.15) is 0 Å². The second-order valence-electron chi connectivity index (χ2n) is 2.15. The highest BCUT2D eigenvalue weighted by atomic mass is 16.6. The van der Waals surface area contributed by atoms with E-state index in [0.717, 1.165) is 6.07 Å². The Balaban J connectivity index is 3.25. The Bertz CT molecular complexity index is 350. The van der Waals surface area contributed by atoms with Crippen LogP contribution < -0.4 is 4.74 Å². The molecular formula is C7H6N2O4. The molecule has 0 amide bonds. The zero-order valence-corrected chi connectivity index (χ0v) is 6.76. The van der Waals surface area contributed by atoms with Crippen molar-refractivity contribution in [1.29, 1.82) is 0 Å². The molecule has 0 aromatic carbocycles. The Morgan fingerprint density at radius 3 is 2.85 bits per heavy atom. The van der Waals surface area contributed by atoms with E-state index in [2.05, 4.69) is 4.98 Å². The minimum Gasteiger partial charge on any atom is -0.495 e. The fourth-order valence-electron chi connectivity index (χ4n) is 0.794. The molecule has 0 saturated heterocycles. The number of nitro groups is 1. The molecule has 0 spiro atoms. The molecule has 6 heteroatoms. The number of nitrogens with zero attached hydrogens (tertiary/aromatic N) is 2. The van der Waals surface area contributed by atoms with Gasteiger partial charge in [0, 0.05) is 0 Å². The molecule has 0 aliphatic heterocycles. The van der Waals surface area contributed by atoms with Crippen LogP contribution in [0.3, 0.4) is 0 Å². The topological polar surface area (TPSA) is 82.3 Å². The Morgan fingerprint density at radius 2 is 2.38 bits per heavy atom. The molecule has 0 radical (unpaired) electrons. The van der Waals surface area contributed by atoms with Crippen LogP contribution in [-0.4, -0.2) is 23.3 Å². The molecule has 1 aromatic heterocycles. The van der Waals surface area contributed by atoms with Crippen molar-refractivity contribution in [2.75, 3.05) is 7.11 Å². The number of aromatic nitrogens is 1. The van der Waals surface area contributed by atoms with Gasteiger partial charge in [0.05, 0.1) is 24.3 Å². The van der Waals surface area contributed by atoms with Gasteiger partial charge in [0.2, 0.25) is 0 Å². The summed E-state index contributed by atoms with van der Waals surface area (Å²) >= 11 is 0. The number of aldehydes is 1. The van der Waals surface area contributed by atoms with Gasteiger partial charge < -0.3 is 4.74 Å². The first-order valence-electron chi connectivity index (χ1n) is 3.32. The van der Waals surface area contributed by atoms with Crippen molar-refractivity contribution in [1.82, 2.24) is 4.98 Å². The summed E-state index contributed by atoms with van der Waals surface area (Å²) < 4.78 is 4.72. The minimum absolute atomic E-state index is 0.203. The van der Waals surface area contributed by atoms with Crippen molar-refractivity contribution < 1.29 is 14.5 Å². The lowest BCUT2D eigenvalue weighted by Gasteiger charge is -1.99. The van der Waals surface area contributed by atoms with Gasteiger partial charge in [0.1, 0.15) is 5.75 Å². The number of rotatable bonds is 3. The van der Waals surface area contributed by atoms with Crippen LogP contribution in [0.25, 0.3) is 0 Å². The van der Waals surface area contributed by atoms with Gasteiger partial charge in [0.25, 0.3) is 0 Å². The second kappa shape index (κ2) is 3.61. The highest BCUT2D eigenvalue weighted by Crippen LogP contribution is 2.20. The van der Waals surface area contributed by atoms with Crippen LogP contribution in [-0.2, 0) is 0 Å². The van der Waals surface area contributed by atoms with Crippen molar-refractivity contribution in [2.45, 2.75) is 0 Å². The van der Waals surface area contributed by atoms with E-state index in [0.29, 0.717) is 6.29 Å². The highest BCUT2D eigenvalue weighted by molar-refractivity contribution is 5.78. The molecule has 0 unspecified atom stereocenters. The van der Waals surface area contributed by atoms with Gasteiger partial charge in [-0.3, -0.25) is 14.9 Å². The molecular weight excluding hydrogens is 176 g/mol. The average molecular weight is 182 g/mol. The van der Waals surface area contributed by atoms with Gasteiger partial charge in [-0.15, -0.1) is 0 Å². The number of hydrogen-bond donors (Lipinski definition) is 0. The van der Waals surface area contributed by atoms with Crippen molar-refractivity contribution in [2.24, 2.45) is 0 Å². The maximum absolute atomic E-state index is 10.4. The Kier molecular flexibility index (Phi) is 2.53. The summed E-state index contributed by atoms with van der Waals surface area (Å²) in [5.74, 6) is 0.248. The van der Waals surface area contributed by atoms with Crippen LogP contribution in [0.5, 0.6) is 5.75 Å². The summed E-state index contributed by atoms with van der Waals surface area (Å²) in [5, 5.41) is 10.4. The minimum atomic E-state index is -0.681. The molecule has 0 saturated carbocycles. The van der Waals surface area contributed by atoms with Crippen LogP contribution in [0.2, 0.25) is 0 Å². The monoisotopic (exact) mass is 182 g/mol. The molecule has 1 aromatic rings. The van der Waals surface area contributed by atoms with E-state index in [1.807, 2.05) is 0 Å². The third-order valence-electron chi connectivity index (χ3n) is 1.42. The molecule has 6 nitrogen and oxygen atoms in total. The first-order valence-corrected chi connectivity index (χ1v) is 3.32. The van der Waals surface area contributed by atoms with E-state index >= 15 is 0 Å². The quantitative estimate of drug-likeness (QED) is 0.392. The average Bonchev–Trinajstić information content (AvgIpc) is 2.16. The molecule has 0 fully saturated rings. The summed E-state index contributed by atoms with van der Waals surface area (Å²) in [6.45, 7) is 0. The normalized spacial score (nSPS) is 9.31. The first kappa shape index (κ1) is 9.11. The number of ether oxygens (including phenoxy) is 1. The molecule has 0 bridgehead atoms. The van der Waals surface area contributed by atoms with Crippen molar-refractivity contribution in [3.05, 3.63) is 28.1 Å². The molecule has 0 atom stereocenters. The van der Waals surface area contributed by atoms with Crippen LogP contribution in [0.4, 0.5) is 5.69 Å². The Morgan fingerprint density at radius 1 is 1.69 bits per heavy atom. The lowest BCUT2D eigenvalue weighted by atomic mass is 10.3. The second-order valence-corrected chi connectivity index (χ2v) is 2.15. The molecule has 13 heavy (non-hydrogen) atoms. The number of carbonyl (C=O) groups is 1. The predicted octanol–water partition coefficient (Wildman–Crippen LogP) is 0.811. The lowest BCUT2D eigenvalue weighted by molar-refractivity contribution is -0.385. The highest BCUT2D eigenvalue weighted by Gasteiger charge is 2.15. The number of methoxy groups -OCH3 is 1. The summed E-state index contributed by atoms with van der Waals surface area (Å²) in [4.78, 5) is 23.6. The van der Waals surface area contributed by atoms with E-state index in [9.17, 15) is 14.9 Å². The fourth-order valence-corrected chi connectivity index (χ4v) is 0.794. The van der Waals surface area contributed by atoms with E-state index in [1.165, 1.54) is 13.3 Å². The standard InChI is InChI=1S/C7H6N2O4/c1-13-5-2-7(9(11)12)6(4-10)8-3-5/h2-4H,1H3. The zero-order chi connectivity index (χ0) is 9.84. The number of hydrogen-bond acceptors (Lipinski definition) is 5. The first-order chi connectivity index (χ1) is 6.19. The summed E-state index contributed by atoms with van der Waals surface area (Å²) in [6.07, 6.45) is 1.58. The fraction of sp³-hybridized carbons (Fsp3) is 0.143. The van der Waals surface area contributed by atoms with E-state index in [4.69, 9.17) is 4.74 Å². The maximum atomic E-state index is 10.4. The molecule has 68 valence electrons. The van der Waals surface area contributed by atoms with E-state index in [1.54, 1.807) is 0 Å². The summed E-state index contributed by atoms with van der Waals surface area (Å²) in [5.41, 5.74) is -0.555. The Hall–Kier alpha value is -1.98. The molecule has 0 aliphatic carbocycles. The van der Waals surface area contributed by atoms with Crippen molar-refractivity contribution in [3.8, 4) is 5.75 Å². The number of pyridine rings is 1. The summed E-state index contributed by atoms with van der Waals surface area (Å²) in [6, 6.07) is 1.15. The smallest absolute Gasteiger partial charge is 0.301 e. The predicted molar refractivity (Wildman–Crippen MR) is 42.8 cm³/mol. The van der Waals surface area contributed by atoms with Crippen LogP contribution >= 0.6 is 0 Å². The lowest BCUT2D eigenvalue weighted by Crippen LogP contribution is -1.98. The third-order valence-corrected chi connectivity index (χ3v) is 1.42. The van der Waals surface area contributed by atoms with Gasteiger partial charge in [0.15, 0.2) is 12.0 Å². The Labute approximate surface area is 73.3 Å². The van der Waals surface area contributed by atoms with E-state index < -0.39 is 4.92 Å². The maximum Gasteiger partial charge on any atom is 0.301 e. The van der Waals surface area contributed by atoms with Crippen molar-refractivity contribution >= 4 is 12.0 Å². The molecule has 0 N–H and O–H groups in total. The third kappa shape index (κ3) is 1.78. The van der Waals surface area contributed by atoms with Gasteiger partial charge in [-0.1, -0.05) is 0 Å². The number of carbonyl (C=O) groups excluding carboxylic acids is 1. The zero-order valence-electron chi connectivity index (χ0n) is 6.76. The van der Waals surface area contributed by atoms with Crippen LogP contribution in [0.1, 0.15) is 10.5 Å².